The van der Waals surface area contributed by atoms with Crippen molar-refractivity contribution in [2.24, 2.45) is 0 Å². The minimum Gasteiger partial charge on any atom is -0.539 e. The van der Waals surface area contributed by atoms with Gasteiger partial charge in [-0.15, -0.1) is 0 Å². The lowest BCUT2D eigenvalue weighted by Gasteiger charge is -2.16. The quantitative estimate of drug-likeness (QED) is 0.221. The Hall–Kier alpha value is -4.34. The smallest absolute Gasteiger partial charge is 0.504 e. The predicted molar refractivity (Wildman–Crippen MR) is 149 cm³/mol. The van der Waals surface area contributed by atoms with Gasteiger partial charge in [-0.1, -0.05) is 91.0 Å². The molecule has 3 heteroatoms. The van der Waals surface area contributed by atoms with Crippen LogP contribution in [0, 0.1) is 0 Å². The fraction of sp³-hybridized carbons (Fsp3) is 0. The molecule has 0 atom stereocenters. The van der Waals surface area contributed by atoms with Crippen molar-refractivity contribution in [1.82, 2.24) is 0 Å². The minimum atomic E-state index is -0.332. The van der Waals surface area contributed by atoms with Crippen molar-refractivity contribution in [1.29, 1.82) is 0 Å². The molecule has 0 aromatic heterocycles. The topological polar surface area (TPSA) is 29.5 Å². The Balaban J connectivity index is 1.62. The number of fused-ring (bicyclic) bond motifs is 9. The SMILES string of the molecule is OBOc1ccc2ccc(-c3cc4c5ccccc5c5ccccc5c4c4ccccc34)cc2c1. The minimum absolute atomic E-state index is 0.332. The van der Waals surface area contributed by atoms with E-state index in [0.29, 0.717) is 5.75 Å². The van der Waals surface area contributed by atoms with Crippen LogP contribution in [0.3, 0.4) is 0 Å². The highest BCUT2D eigenvalue weighted by Crippen LogP contribution is 2.43. The lowest BCUT2D eigenvalue weighted by molar-refractivity contribution is 0.454. The van der Waals surface area contributed by atoms with Crippen LogP contribution in [0.25, 0.3) is 65.0 Å². The first-order chi connectivity index (χ1) is 17.3. The summed E-state index contributed by atoms with van der Waals surface area (Å²) >= 11 is 0. The van der Waals surface area contributed by atoms with Gasteiger partial charge in [-0.3, -0.25) is 0 Å². The van der Waals surface area contributed by atoms with Crippen molar-refractivity contribution in [3.63, 3.8) is 0 Å². The lowest BCUT2D eigenvalue weighted by atomic mass is 9.87. The molecule has 0 unspecified atom stereocenters. The van der Waals surface area contributed by atoms with Crippen molar-refractivity contribution >= 4 is 61.5 Å². The van der Waals surface area contributed by atoms with Crippen LogP contribution in [-0.2, 0) is 0 Å². The Morgan fingerprint density at radius 2 is 1.06 bits per heavy atom. The van der Waals surface area contributed by atoms with Crippen LogP contribution in [0.1, 0.15) is 0 Å². The molecular weight excluding hydrogens is 427 g/mol. The van der Waals surface area contributed by atoms with Crippen LogP contribution < -0.4 is 4.65 Å². The number of hydrogen-bond acceptors (Lipinski definition) is 2. The number of hydrogen-bond donors (Lipinski definition) is 1. The fourth-order valence-corrected chi connectivity index (χ4v) is 5.56. The fourth-order valence-electron chi connectivity index (χ4n) is 5.56. The van der Waals surface area contributed by atoms with Gasteiger partial charge in [0, 0.05) is 0 Å². The summed E-state index contributed by atoms with van der Waals surface area (Å²) in [6.07, 6.45) is 0. The van der Waals surface area contributed by atoms with Crippen molar-refractivity contribution in [2.75, 3.05) is 0 Å². The summed E-state index contributed by atoms with van der Waals surface area (Å²) in [6.45, 7) is 0. The maximum Gasteiger partial charge on any atom is 0.504 e. The summed E-state index contributed by atoms with van der Waals surface area (Å²) < 4.78 is 5.33. The van der Waals surface area contributed by atoms with Crippen molar-refractivity contribution in [2.45, 2.75) is 0 Å². The molecule has 7 rings (SSSR count). The second-order valence-electron chi connectivity index (χ2n) is 8.98. The van der Waals surface area contributed by atoms with E-state index < -0.39 is 0 Å². The summed E-state index contributed by atoms with van der Waals surface area (Å²) in [7, 11) is -0.332. The van der Waals surface area contributed by atoms with Gasteiger partial charge in [-0.25, -0.2) is 0 Å². The molecule has 0 bridgehead atoms. The van der Waals surface area contributed by atoms with Crippen molar-refractivity contribution < 1.29 is 9.68 Å². The van der Waals surface area contributed by atoms with Gasteiger partial charge < -0.3 is 9.68 Å². The monoisotopic (exact) mass is 448 g/mol. The Labute approximate surface area is 203 Å². The van der Waals surface area contributed by atoms with E-state index in [0.717, 1.165) is 16.3 Å². The third kappa shape index (κ3) is 3.09. The molecule has 1 N–H and O–H groups in total. The maximum atomic E-state index is 9.18. The van der Waals surface area contributed by atoms with Gasteiger partial charge in [0.25, 0.3) is 0 Å². The molecule has 7 aromatic rings. The molecule has 164 valence electrons. The second-order valence-corrected chi connectivity index (χ2v) is 8.98. The highest BCUT2D eigenvalue weighted by Gasteiger charge is 2.15. The zero-order valence-corrected chi connectivity index (χ0v) is 19.0. The second kappa shape index (κ2) is 7.87. The normalized spacial score (nSPS) is 11.6. The molecule has 0 aliphatic rings. The van der Waals surface area contributed by atoms with Gasteiger partial charge in [0.15, 0.2) is 0 Å². The van der Waals surface area contributed by atoms with Crippen LogP contribution in [0.15, 0.2) is 115 Å². The number of rotatable bonds is 3. The van der Waals surface area contributed by atoms with Gasteiger partial charge >= 0.3 is 7.69 Å². The Morgan fingerprint density at radius 3 is 1.77 bits per heavy atom. The Kier molecular flexibility index (Phi) is 4.51. The van der Waals surface area contributed by atoms with Gasteiger partial charge in [0.1, 0.15) is 5.75 Å². The van der Waals surface area contributed by atoms with Gasteiger partial charge in [-0.05, 0) is 89.3 Å². The first-order valence-corrected chi connectivity index (χ1v) is 11.8. The highest BCUT2D eigenvalue weighted by molar-refractivity contribution is 6.33. The molecule has 0 radical (unpaired) electrons. The van der Waals surface area contributed by atoms with Crippen LogP contribution >= 0.6 is 0 Å². The van der Waals surface area contributed by atoms with Crippen LogP contribution in [0.5, 0.6) is 5.75 Å². The van der Waals surface area contributed by atoms with Crippen LogP contribution in [0.2, 0.25) is 0 Å². The zero-order chi connectivity index (χ0) is 23.4. The van der Waals surface area contributed by atoms with Gasteiger partial charge in [-0.2, -0.15) is 0 Å². The molecule has 0 spiro atoms. The summed E-state index contributed by atoms with van der Waals surface area (Å²) in [5, 5.41) is 21.6. The summed E-state index contributed by atoms with van der Waals surface area (Å²) in [5.74, 6) is 0.665. The zero-order valence-electron chi connectivity index (χ0n) is 19.0. The highest BCUT2D eigenvalue weighted by atomic mass is 16.5. The molecule has 0 saturated heterocycles. The third-order valence-electron chi connectivity index (χ3n) is 7.10. The predicted octanol–water partition coefficient (Wildman–Crippen LogP) is 7.76. The van der Waals surface area contributed by atoms with E-state index >= 15 is 0 Å². The Bertz CT molecular complexity index is 1920. The van der Waals surface area contributed by atoms with Crippen LogP contribution in [-0.4, -0.2) is 12.7 Å². The molecular formula is C32H21BO2. The Morgan fingerprint density at radius 1 is 0.486 bits per heavy atom. The third-order valence-corrected chi connectivity index (χ3v) is 7.10. The molecule has 2 nitrogen and oxygen atoms in total. The molecule has 0 heterocycles. The summed E-state index contributed by atoms with van der Waals surface area (Å²) in [5.41, 5.74) is 2.37. The molecule has 35 heavy (non-hydrogen) atoms. The van der Waals surface area contributed by atoms with E-state index in [-0.39, 0.29) is 7.69 Å². The average Bonchev–Trinajstić information content (AvgIpc) is 2.92. The first kappa shape index (κ1) is 20.1. The molecule has 0 amide bonds. The van der Waals surface area contributed by atoms with Gasteiger partial charge in [0.2, 0.25) is 0 Å². The first-order valence-electron chi connectivity index (χ1n) is 11.8. The lowest BCUT2D eigenvalue weighted by Crippen LogP contribution is -1.99. The van der Waals surface area contributed by atoms with Gasteiger partial charge in [0.05, 0.1) is 0 Å². The van der Waals surface area contributed by atoms with Crippen molar-refractivity contribution in [3.8, 4) is 16.9 Å². The van der Waals surface area contributed by atoms with E-state index in [9.17, 15) is 5.02 Å². The summed E-state index contributed by atoms with van der Waals surface area (Å²) in [4.78, 5) is 0. The van der Waals surface area contributed by atoms with E-state index in [1.807, 2.05) is 18.2 Å². The molecule has 0 fully saturated rings. The molecule has 0 saturated carbocycles. The number of benzene rings is 7. The maximum absolute atomic E-state index is 9.18. The molecule has 7 aromatic carbocycles. The van der Waals surface area contributed by atoms with E-state index in [1.165, 1.54) is 48.7 Å². The van der Waals surface area contributed by atoms with E-state index in [2.05, 4.69) is 97.1 Å². The average molecular weight is 448 g/mol. The van der Waals surface area contributed by atoms with Crippen LogP contribution in [0.4, 0.5) is 0 Å². The molecule has 0 aliphatic carbocycles. The van der Waals surface area contributed by atoms with E-state index in [4.69, 9.17) is 4.65 Å². The summed E-state index contributed by atoms with van der Waals surface area (Å²) in [6, 6.07) is 41.0. The standard InChI is InChI=1S/C32H21BO2/c34-33-35-23-16-15-20-13-14-21(17-22(20)18-23)30-19-31-26-9-2-1-7-24(26)25-8-3-5-11-28(25)32(31)29-12-6-4-10-27(29)30/h1-19,33-34H. The molecule has 0 aliphatic heterocycles. The largest absolute Gasteiger partial charge is 0.539 e. The van der Waals surface area contributed by atoms with Crippen molar-refractivity contribution in [3.05, 3.63) is 115 Å². The van der Waals surface area contributed by atoms with E-state index in [1.54, 1.807) is 0 Å².